The van der Waals surface area contributed by atoms with Crippen molar-refractivity contribution in [3.05, 3.63) is 0 Å². The second-order valence-corrected chi connectivity index (χ2v) is 25.7. The molecule has 202 valence electrons. The molecule has 2 bridgehead atoms. The fourth-order valence-electron chi connectivity index (χ4n) is 7.68. The number of ether oxygens (including phenoxy) is 1. The van der Waals surface area contributed by atoms with Crippen LogP contribution in [0.1, 0.15) is 80.6 Å². The Morgan fingerprint density at radius 2 is 1.63 bits per heavy atom. The van der Waals surface area contributed by atoms with Crippen LogP contribution in [0.25, 0.3) is 0 Å². The lowest BCUT2D eigenvalue weighted by molar-refractivity contribution is -0.199. The largest absolute Gasteiger partial charge is 0.474 e. The summed E-state index contributed by atoms with van der Waals surface area (Å²) in [4.78, 5) is 12.5. The van der Waals surface area contributed by atoms with Gasteiger partial charge in [-0.2, -0.15) is 0 Å². The van der Waals surface area contributed by atoms with Crippen LogP contribution >= 0.6 is 0 Å². The lowest BCUT2D eigenvalue weighted by Crippen LogP contribution is -2.67. The monoisotopic (exact) mass is 523 g/mol. The van der Waals surface area contributed by atoms with E-state index in [1.807, 2.05) is 20.8 Å². The van der Waals surface area contributed by atoms with Gasteiger partial charge < -0.3 is 18.3 Å². The van der Waals surface area contributed by atoms with Crippen LogP contribution in [0.3, 0.4) is 0 Å². The predicted octanol–water partition coefficient (Wildman–Crippen LogP) is 6.74. The maximum atomic E-state index is 12.5. The SMILES string of the molecule is CC(CC[C@@H](B1O[C@@H]2C[C@@H]3C[C@@H](C3(C)C)[C@]2(C)O1)N([Si](C)(C)C)[Si](C)(C)C)CC(=O)OC(C)(C)C. The summed E-state index contributed by atoms with van der Waals surface area (Å²) < 4.78 is 22.4. The van der Waals surface area contributed by atoms with Crippen molar-refractivity contribution in [2.75, 3.05) is 0 Å². The van der Waals surface area contributed by atoms with Crippen molar-refractivity contribution in [2.45, 2.75) is 143 Å². The number of esters is 1. The van der Waals surface area contributed by atoms with Gasteiger partial charge in [-0.1, -0.05) is 60.1 Å². The second-order valence-electron chi connectivity index (χ2n) is 15.6. The summed E-state index contributed by atoms with van der Waals surface area (Å²) in [7, 11) is -3.49. The molecule has 0 aromatic carbocycles. The Balaban J connectivity index is 1.80. The first-order valence-electron chi connectivity index (χ1n) is 14.0. The number of hydrogen-bond donors (Lipinski definition) is 0. The minimum atomic E-state index is -1.65. The fourth-order valence-corrected chi connectivity index (χ4v) is 18.2. The second kappa shape index (κ2) is 9.55. The molecule has 0 radical (unpaired) electrons. The third-order valence-corrected chi connectivity index (χ3v) is 16.5. The molecule has 1 unspecified atom stereocenters. The normalized spacial score (nSPS) is 32.2. The van der Waals surface area contributed by atoms with Crippen molar-refractivity contribution in [3.63, 3.8) is 0 Å². The molecule has 1 saturated heterocycles. The Hall–Kier alpha value is -0.151. The number of rotatable bonds is 9. The molecule has 0 aromatic heterocycles. The van der Waals surface area contributed by atoms with E-state index in [-0.39, 0.29) is 36.7 Å². The Morgan fingerprint density at radius 1 is 1.06 bits per heavy atom. The van der Waals surface area contributed by atoms with Crippen molar-refractivity contribution in [3.8, 4) is 0 Å². The summed E-state index contributed by atoms with van der Waals surface area (Å²) >= 11 is 0. The van der Waals surface area contributed by atoms with Crippen molar-refractivity contribution >= 4 is 29.6 Å². The summed E-state index contributed by atoms with van der Waals surface area (Å²) in [6, 6.07) is 0. The van der Waals surface area contributed by atoms with Crippen LogP contribution in [0.2, 0.25) is 39.3 Å². The van der Waals surface area contributed by atoms with E-state index in [1.54, 1.807) is 0 Å². The van der Waals surface area contributed by atoms with E-state index in [2.05, 4.69) is 71.2 Å². The Labute approximate surface area is 218 Å². The van der Waals surface area contributed by atoms with Crippen LogP contribution in [0.15, 0.2) is 0 Å². The summed E-state index contributed by atoms with van der Waals surface area (Å²) in [6.07, 6.45) is 5.03. The number of carbonyl (C=O) groups excluding carboxylic acids is 1. The van der Waals surface area contributed by atoms with Gasteiger partial charge in [0.05, 0.1) is 11.7 Å². The molecule has 1 heterocycles. The van der Waals surface area contributed by atoms with Crippen LogP contribution in [0.5, 0.6) is 0 Å². The molecule has 6 atom stereocenters. The third kappa shape index (κ3) is 6.13. The minimum Gasteiger partial charge on any atom is -0.460 e. The van der Waals surface area contributed by atoms with Crippen LogP contribution in [0, 0.1) is 23.2 Å². The molecule has 0 N–H and O–H groups in total. The van der Waals surface area contributed by atoms with Gasteiger partial charge in [-0.05, 0) is 76.5 Å². The van der Waals surface area contributed by atoms with Gasteiger partial charge in [-0.25, -0.2) is 0 Å². The Kier molecular flexibility index (Phi) is 8.02. The quantitative estimate of drug-likeness (QED) is 0.247. The molecule has 4 fully saturated rings. The molecular formula is C27H54BNO4Si2. The molecule has 35 heavy (non-hydrogen) atoms. The van der Waals surface area contributed by atoms with E-state index in [0.717, 1.165) is 25.2 Å². The van der Waals surface area contributed by atoms with Crippen molar-refractivity contribution < 1.29 is 18.8 Å². The average molecular weight is 524 g/mol. The maximum absolute atomic E-state index is 12.5. The molecule has 0 aromatic rings. The third-order valence-electron chi connectivity index (χ3n) is 8.95. The standard InChI is InChI=1S/C27H54BNO4Si2/c1-19(16-24(30)31-25(2,3)4)14-15-23(29(34(8,9)10)35(11,12)13)28-32-22-18-20-17-21(26(20,5)6)27(22,7)33-28/h19-23H,14-18H2,1-13H3/t19?,20-,21-,22+,23-,27-/m0/s1. The first-order valence-corrected chi connectivity index (χ1v) is 20.9. The van der Waals surface area contributed by atoms with Gasteiger partial charge in [0, 0.05) is 12.4 Å². The molecule has 3 saturated carbocycles. The molecule has 3 aliphatic carbocycles. The van der Waals surface area contributed by atoms with Gasteiger partial charge in [0.1, 0.15) is 22.1 Å². The Bertz CT molecular complexity index is 774. The van der Waals surface area contributed by atoms with Crippen molar-refractivity contribution in [1.82, 2.24) is 4.23 Å². The molecule has 8 heteroatoms. The zero-order valence-electron chi connectivity index (χ0n) is 25.1. The van der Waals surface area contributed by atoms with E-state index in [4.69, 9.17) is 14.0 Å². The van der Waals surface area contributed by atoms with Crippen LogP contribution < -0.4 is 0 Å². The summed E-state index contributed by atoms with van der Waals surface area (Å²) in [5.41, 5.74) is -0.274. The molecule has 5 nitrogen and oxygen atoms in total. The lowest BCUT2D eigenvalue weighted by atomic mass is 9.43. The molecule has 4 rings (SSSR count). The van der Waals surface area contributed by atoms with E-state index in [0.29, 0.717) is 17.8 Å². The first-order chi connectivity index (χ1) is 15.7. The Morgan fingerprint density at radius 3 is 2.11 bits per heavy atom. The minimum absolute atomic E-state index is 0.0947. The summed E-state index contributed by atoms with van der Waals surface area (Å²) in [5.74, 6) is 1.73. The highest BCUT2D eigenvalue weighted by Crippen LogP contribution is 2.66. The van der Waals surface area contributed by atoms with Crippen molar-refractivity contribution in [2.24, 2.45) is 23.2 Å². The smallest absolute Gasteiger partial charge is 0.460 e. The average Bonchev–Trinajstić information content (AvgIpc) is 2.97. The van der Waals surface area contributed by atoms with Crippen molar-refractivity contribution in [1.29, 1.82) is 0 Å². The summed E-state index contributed by atoms with van der Waals surface area (Å²) in [6.45, 7) is 30.0. The van der Waals surface area contributed by atoms with E-state index in [9.17, 15) is 4.79 Å². The highest BCUT2D eigenvalue weighted by Gasteiger charge is 2.69. The molecule has 1 aliphatic heterocycles. The van der Waals surface area contributed by atoms with E-state index >= 15 is 0 Å². The van der Waals surface area contributed by atoms with Gasteiger partial charge in [-0.15, -0.1) is 0 Å². The molecule has 0 amide bonds. The van der Waals surface area contributed by atoms with Gasteiger partial charge in [0.25, 0.3) is 0 Å². The van der Waals surface area contributed by atoms with Crippen LogP contribution in [0.4, 0.5) is 0 Å². The molecule has 4 aliphatic rings. The predicted molar refractivity (Wildman–Crippen MR) is 151 cm³/mol. The first kappa shape index (κ1) is 29.4. The topological polar surface area (TPSA) is 48.0 Å². The van der Waals surface area contributed by atoms with E-state index < -0.39 is 22.1 Å². The fraction of sp³-hybridized carbons (Fsp3) is 0.963. The molecular weight excluding hydrogens is 469 g/mol. The highest BCUT2D eigenvalue weighted by molar-refractivity contribution is 6.90. The maximum Gasteiger partial charge on any atom is 0.474 e. The van der Waals surface area contributed by atoms with Gasteiger partial charge in [0.2, 0.25) is 0 Å². The zero-order valence-corrected chi connectivity index (χ0v) is 27.1. The number of nitrogens with zero attached hydrogens (tertiary/aromatic N) is 1. The van der Waals surface area contributed by atoms with Gasteiger partial charge >= 0.3 is 13.1 Å². The highest BCUT2D eigenvalue weighted by atomic mass is 28.4. The zero-order chi connectivity index (χ0) is 26.8. The van der Waals surface area contributed by atoms with Crippen LogP contribution in [-0.4, -0.2) is 57.0 Å². The molecule has 0 spiro atoms. The van der Waals surface area contributed by atoms with Crippen LogP contribution in [-0.2, 0) is 18.8 Å². The number of carbonyl (C=O) groups is 1. The van der Waals surface area contributed by atoms with E-state index in [1.165, 1.54) is 6.42 Å². The van der Waals surface area contributed by atoms with Gasteiger partial charge in [-0.3, -0.25) is 4.79 Å². The lowest BCUT2D eigenvalue weighted by Gasteiger charge is -2.64. The number of hydrogen-bond acceptors (Lipinski definition) is 5. The van der Waals surface area contributed by atoms with Gasteiger partial charge in [0.15, 0.2) is 0 Å². The summed E-state index contributed by atoms with van der Waals surface area (Å²) in [5, 5.41) is 0.